The molecule has 0 unspecified atom stereocenters. The zero-order chi connectivity index (χ0) is 16.8. The first-order valence-corrected chi connectivity index (χ1v) is 8.45. The smallest absolute Gasteiger partial charge is 0.0523 e. The molecule has 1 heteroatoms. The predicted molar refractivity (Wildman–Crippen MR) is 99.6 cm³/mol. The highest BCUT2D eigenvalue weighted by Crippen LogP contribution is 2.43. The molecule has 0 bridgehead atoms. The normalized spacial score (nSPS) is 15.4. The first-order valence-electron chi connectivity index (χ1n) is 8.45. The molecule has 0 aromatic heterocycles. The van der Waals surface area contributed by atoms with E-state index < -0.39 is 0 Å². The third kappa shape index (κ3) is 2.62. The Kier molecular flexibility index (Phi) is 4.56. The van der Waals surface area contributed by atoms with E-state index in [2.05, 4.69) is 79.5 Å². The lowest BCUT2D eigenvalue weighted by Crippen LogP contribution is -2.27. The number of aryl methyl sites for hydroxylation is 1. The van der Waals surface area contributed by atoms with Crippen LogP contribution >= 0.6 is 0 Å². The fraction of sp³-hybridized carbons (Fsp3) is 0.524. The van der Waals surface area contributed by atoms with E-state index in [0.29, 0.717) is 12.0 Å². The van der Waals surface area contributed by atoms with Crippen molar-refractivity contribution >= 4 is 11.3 Å². The van der Waals surface area contributed by atoms with Crippen LogP contribution in [0.25, 0.3) is 5.57 Å². The summed E-state index contributed by atoms with van der Waals surface area (Å²) in [5.41, 5.74) is 11.4. The summed E-state index contributed by atoms with van der Waals surface area (Å²) in [5, 5.41) is 0. The molecule has 0 amide bonds. The summed E-state index contributed by atoms with van der Waals surface area (Å²) in [7, 11) is 0. The number of fused-ring (bicyclic) bond motifs is 1. The van der Waals surface area contributed by atoms with Crippen LogP contribution in [0.15, 0.2) is 23.4 Å². The molecule has 1 aliphatic rings. The summed E-state index contributed by atoms with van der Waals surface area (Å²) < 4.78 is 0. The van der Waals surface area contributed by atoms with Crippen molar-refractivity contribution in [3.8, 4) is 0 Å². The minimum absolute atomic E-state index is 0.451. The van der Waals surface area contributed by atoms with Crippen molar-refractivity contribution in [2.24, 2.45) is 0 Å². The molecule has 0 saturated heterocycles. The Morgan fingerprint density at radius 1 is 0.864 bits per heavy atom. The standard InChI is InChI=1S/C21H31N/c1-12(2)19-10-14(5)17(8)20-18(9)16(7)15(6)11-22(13(3)4)21(19)20/h10-13H,1-9H3. The summed E-state index contributed by atoms with van der Waals surface area (Å²) in [6, 6.07) is 2.85. The quantitative estimate of drug-likeness (QED) is 0.614. The summed E-state index contributed by atoms with van der Waals surface area (Å²) in [6.07, 6.45) is 2.34. The Labute approximate surface area is 136 Å². The zero-order valence-electron chi connectivity index (χ0n) is 15.8. The number of hydrogen-bond acceptors (Lipinski definition) is 1. The Hall–Kier alpha value is -1.50. The lowest BCUT2D eigenvalue weighted by Gasteiger charge is -2.32. The van der Waals surface area contributed by atoms with Gasteiger partial charge in [-0.2, -0.15) is 0 Å². The highest BCUT2D eigenvalue weighted by molar-refractivity contribution is 5.86. The second-order valence-electron chi connectivity index (χ2n) is 7.35. The van der Waals surface area contributed by atoms with Crippen molar-refractivity contribution < 1.29 is 0 Å². The average Bonchev–Trinajstić information content (AvgIpc) is 2.53. The number of anilines is 1. The Morgan fingerprint density at radius 2 is 1.45 bits per heavy atom. The van der Waals surface area contributed by atoms with E-state index in [1.165, 1.54) is 44.7 Å². The predicted octanol–water partition coefficient (Wildman–Crippen LogP) is 6.35. The van der Waals surface area contributed by atoms with Crippen molar-refractivity contribution in [2.75, 3.05) is 4.90 Å². The molecule has 1 nitrogen and oxygen atoms in total. The van der Waals surface area contributed by atoms with Crippen LogP contribution in [0.5, 0.6) is 0 Å². The maximum Gasteiger partial charge on any atom is 0.0523 e. The van der Waals surface area contributed by atoms with Gasteiger partial charge in [0.1, 0.15) is 0 Å². The molecule has 0 atom stereocenters. The fourth-order valence-corrected chi connectivity index (χ4v) is 3.37. The van der Waals surface area contributed by atoms with E-state index in [1.54, 1.807) is 0 Å². The van der Waals surface area contributed by atoms with E-state index >= 15 is 0 Å². The fourth-order valence-electron chi connectivity index (χ4n) is 3.37. The van der Waals surface area contributed by atoms with E-state index in [9.17, 15) is 0 Å². The van der Waals surface area contributed by atoms with Gasteiger partial charge >= 0.3 is 0 Å². The summed E-state index contributed by atoms with van der Waals surface area (Å²) in [4.78, 5) is 2.48. The van der Waals surface area contributed by atoms with E-state index in [0.717, 1.165) is 0 Å². The molecule has 1 aromatic carbocycles. The van der Waals surface area contributed by atoms with Gasteiger partial charge in [-0.15, -0.1) is 0 Å². The van der Waals surface area contributed by atoms with Crippen LogP contribution in [-0.2, 0) is 0 Å². The third-order valence-electron chi connectivity index (χ3n) is 5.15. The van der Waals surface area contributed by atoms with Gasteiger partial charge in [0.05, 0.1) is 5.69 Å². The number of hydrogen-bond donors (Lipinski definition) is 0. The number of rotatable bonds is 2. The molecule has 22 heavy (non-hydrogen) atoms. The average molecular weight is 297 g/mol. The highest BCUT2D eigenvalue weighted by Gasteiger charge is 2.25. The number of nitrogens with zero attached hydrogens (tertiary/aromatic N) is 1. The van der Waals surface area contributed by atoms with Gasteiger partial charge in [-0.05, 0) is 87.8 Å². The van der Waals surface area contributed by atoms with Gasteiger partial charge in [0.2, 0.25) is 0 Å². The van der Waals surface area contributed by atoms with E-state index in [1.807, 2.05) is 0 Å². The molecule has 0 fully saturated rings. The molecule has 0 aliphatic carbocycles. The van der Waals surface area contributed by atoms with Gasteiger partial charge in [-0.1, -0.05) is 19.9 Å². The molecule has 2 rings (SSSR count). The molecule has 0 spiro atoms. The van der Waals surface area contributed by atoms with Gasteiger partial charge in [0, 0.05) is 17.8 Å². The van der Waals surface area contributed by atoms with Crippen molar-refractivity contribution in [3.63, 3.8) is 0 Å². The lowest BCUT2D eigenvalue weighted by atomic mass is 9.86. The van der Waals surface area contributed by atoms with Crippen molar-refractivity contribution in [3.05, 3.63) is 45.7 Å². The van der Waals surface area contributed by atoms with Crippen LogP contribution in [0.1, 0.15) is 76.6 Å². The number of benzene rings is 1. The Balaban J connectivity index is 2.96. The zero-order valence-corrected chi connectivity index (χ0v) is 15.8. The van der Waals surface area contributed by atoms with Gasteiger partial charge in [0.15, 0.2) is 0 Å². The van der Waals surface area contributed by atoms with Gasteiger partial charge < -0.3 is 4.90 Å². The molecule has 0 N–H and O–H groups in total. The van der Waals surface area contributed by atoms with Gasteiger partial charge in [-0.3, -0.25) is 0 Å². The first-order chi connectivity index (χ1) is 10.2. The van der Waals surface area contributed by atoms with Crippen LogP contribution in [0.4, 0.5) is 5.69 Å². The molecule has 1 aromatic rings. The molecule has 120 valence electrons. The summed E-state index contributed by atoms with van der Waals surface area (Å²) in [6.45, 7) is 20.5. The van der Waals surface area contributed by atoms with E-state index in [-0.39, 0.29) is 0 Å². The lowest BCUT2D eigenvalue weighted by molar-refractivity contribution is 0.761. The van der Waals surface area contributed by atoms with Crippen molar-refractivity contribution in [2.45, 2.75) is 74.3 Å². The highest BCUT2D eigenvalue weighted by atomic mass is 15.1. The maximum absolute atomic E-state index is 2.48. The minimum atomic E-state index is 0.451. The molecule has 0 saturated carbocycles. The van der Waals surface area contributed by atoms with Gasteiger partial charge in [-0.25, -0.2) is 0 Å². The SMILES string of the molecule is CC1=CN(C(C)C)c2c(C(C)C)cc(C)c(C)c2C(C)=C1C. The van der Waals surface area contributed by atoms with Gasteiger partial charge in [0.25, 0.3) is 0 Å². The topological polar surface area (TPSA) is 3.24 Å². The Bertz CT molecular complexity index is 657. The molecule has 1 heterocycles. The largest absolute Gasteiger partial charge is 0.344 e. The van der Waals surface area contributed by atoms with Crippen molar-refractivity contribution in [1.29, 1.82) is 0 Å². The minimum Gasteiger partial charge on any atom is -0.344 e. The van der Waals surface area contributed by atoms with Crippen LogP contribution in [0.2, 0.25) is 0 Å². The summed E-state index contributed by atoms with van der Waals surface area (Å²) in [5.74, 6) is 0.522. The summed E-state index contributed by atoms with van der Waals surface area (Å²) >= 11 is 0. The van der Waals surface area contributed by atoms with Crippen molar-refractivity contribution in [1.82, 2.24) is 0 Å². The number of allylic oxidation sites excluding steroid dienone is 3. The second-order valence-corrected chi connectivity index (χ2v) is 7.35. The Morgan fingerprint density at radius 3 is 1.95 bits per heavy atom. The van der Waals surface area contributed by atoms with Crippen LogP contribution in [-0.4, -0.2) is 6.04 Å². The molecule has 1 aliphatic heterocycles. The van der Waals surface area contributed by atoms with Crippen LogP contribution in [0, 0.1) is 13.8 Å². The van der Waals surface area contributed by atoms with E-state index in [4.69, 9.17) is 0 Å². The monoisotopic (exact) mass is 297 g/mol. The molecular formula is C21H31N. The second kappa shape index (κ2) is 5.95. The first kappa shape index (κ1) is 16.9. The van der Waals surface area contributed by atoms with Crippen LogP contribution in [0.3, 0.4) is 0 Å². The third-order valence-corrected chi connectivity index (χ3v) is 5.15. The van der Waals surface area contributed by atoms with Crippen LogP contribution < -0.4 is 4.90 Å². The maximum atomic E-state index is 2.48. The molecule has 0 radical (unpaired) electrons. The molecular weight excluding hydrogens is 266 g/mol.